The third-order valence-electron chi connectivity index (χ3n) is 4.38. The predicted octanol–water partition coefficient (Wildman–Crippen LogP) is 5.52. The van der Waals surface area contributed by atoms with Gasteiger partial charge in [-0.25, -0.2) is 9.18 Å². The minimum absolute atomic E-state index is 0.00572. The number of amides is 2. The fraction of sp³-hybridized carbons (Fsp3) is 0.375. The molecule has 0 heterocycles. The van der Waals surface area contributed by atoms with E-state index in [0.717, 1.165) is 17.3 Å². The van der Waals surface area contributed by atoms with E-state index in [2.05, 4.69) is 5.32 Å². The number of hydrogen-bond acceptors (Lipinski definition) is 5. The minimum atomic E-state index is -0.604. The summed E-state index contributed by atoms with van der Waals surface area (Å²) in [6.45, 7) is 9.37. The SMILES string of the molecule is CCN(Cc1ccccc1NC(=O)CSc1ccc(C(C)=O)cc1F)C(=O)OC(C)(C)C. The lowest BCUT2D eigenvalue weighted by Gasteiger charge is -2.27. The fourth-order valence-electron chi connectivity index (χ4n) is 2.78. The van der Waals surface area contributed by atoms with Crippen LogP contribution >= 0.6 is 11.8 Å². The molecule has 0 atom stereocenters. The predicted molar refractivity (Wildman–Crippen MR) is 125 cm³/mol. The molecule has 2 rings (SSSR count). The zero-order valence-corrected chi connectivity index (χ0v) is 19.8. The largest absolute Gasteiger partial charge is 0.444 e. The van der Waals surface area contributed by atoms with E-state index in [4.69, 9.17) is 4.74 Å². The van der Waals surface area contributed by atoms with Crippen molar-refractivity contribution in [2.75, 3.05) is 17.6 Å². The highest BCUT2D eigenvalue weighted by atomic mass is 32.2. The van der Waals surface area contributed by atoms with Gasteiger partial charge in [0.25, 0.3) is 0 Å². The lowest BCUT2D eigenvalue weighted by atomic mass is 10.1. The molecule has 0 radical (unpaired) electrons. The summed E-state index contributed by atoms with van der Waals surface area (Å²) in [4.78, 5) is 38.1. The van der Waals surface area contributed by atoms with E-state index >= 15 is 0 Å². The van der Waals surface area contributed by atoms with E-state index in [9.17, 15) is 18.8 Å². The molecule has 0 aliphatic carbocycles. The first-order chi connectivity index (χ1) is 15.0. The van der Waals surface area contributed by atoms with Gasteiger partial charge in [0.2, 0.25) is 5.91 Å². The Balaban J connectivity index is 2.03. The molecule has 2 amide bonds. The van der Waals surface area contributed by atoms with Crippen LogP contribution in [0, 0.1) is 5.82 Å². The number of Topliss-reactive ketones (excluding diaryl/α,β-unsaturated/α-hetero) is 1. The maximum Gasteiger partial charge on any atom is 0.410 e. The molecule has 32 heavy (non-hydrogen) atoms. The second kappa shape index (κ2) is 11.1. The molecular weight excluding hydrogens is 431 g/mol. The summed E-state index contributed by atoms with van der Waals surface area (Å²) in [5.74, 6) is -1.07. The molecule has 0 aliphatic rings. The zero-order valence-electron chi connectivity index (χ0n) is 19.0. The molecular formula is C24H29FN2O4S. The smallest absolute Gasteiger partial charge is 0.410 e. The topological polar surface area (TPSA) is 75.7 Å². The summed E-state index contributed by atoms with van der Waals surface area (Å²) in [6.07, 6.45) is -0.429. The van der Waals surface area contributed by atoms with Crippen LogP contribution in [0.3, 0.4) is 0 Å². The van der Waals surface area contributed by atoms with E-state index in [-0.39, 0.29) is 29.6 Å². The average Bonchev–Trinajstić information content (AvgIpc) is 2.70. The van der Waals surface area contributed by atoms with E-state index in [1.165, 1.54) is 25.1 Å². The number of nitrogens with one attached hydrogen (secondary N) is 1. The monoisotopic (exact) mass is 460 g/mol. The summed E-state index contributed by atoms with van der Waals surface area (Å²) in [6, 6.07) is 11.4. The number of thioether (sulfide) groups is 1. The number of benzene rings is 2. The van der Waals surface area contributed by atoms with Gasteiger partial charge < -0.3 is 15.0 Å². The first-order valence-electron chi connectivity index (χ1n) is 10.3. The number of ether oxygens (including phenoxy) is 1. The molecule has 0 fully saturated rings. The Morgan fingerprint density at radius 1 is 1.12 bits per heavy atom. The molecule has 2 aromatic rings. The van der Waals surface area contributed by atoms with Crippen molar-refractivity contribution in [2.24, 2.45) is 0 Å². The maximum absolute atomic E-state index is 14.2. The van der Waals surface area contributed by atoms with Crippen LogP contribution in [0.4, 0.5) is 14.9 Å². The summed E-state index contributed by atoms with van der Waals surface area (Å²) >= 11 is 1.05. The van der Waals surface area contributed by atoms with Crippen LogP contribution in [0.25, 0.3) is 0 Å². The van der Waals surface area contributed by atoms with Crippen LogP contribution in [0.15, 0.2) is 47.4 Å². The summed E-state index contributed by atoms with van der Waals surface area (Å²) in [7, 11) is 0. The van der Waals surface area contributed by atoms with Crippen LogP contribution in [0.5, 0.6) is 0 Å². The lowest BCUT2D eigenvalue weighted by Crippen LogP contribution is -2.36. The Morgan fingerprint density at radius 3 is 2.41 bits per heavy atom. The van der Waals surface area contributed by atoms with E-state index in [0.29, 0.717) is 17.1 Å². The first-order valence-corrected chi connectivity index (χ1v) is 11.3. The molecule has 6 nitrogen and oxygen atoms in total. The number of nitrogens with zero attached hydrogens (tertiary/aromatic N) is 1. The number of ketones is 1. The van der Waals surface area contributed by atoms with Crippen LogP contribution < -0.4 is 5.32 Å². The van der Waals surface area contributed by atoms with Crippen molar-refractivity contribution in [3.8, 4) is 0 Å². The normalized spacial score (nSPS) is 11.1. The van der Waals surface area contributed by atoms with Gasteiger partial charge in [0, 0.05) is 22.7 Å². The van der Waals surface area contributed by atoms with E-state index in [1.807, 2.05) is 19.1 Å². The third kappa shape index (κ3) is 7.67. The van der Waals surface area contributed by atoms with Gasteiger partial charge in [-0.15, -0.1) is 11.8 Å². The highest BCUT2D eigenvalue weighted by molar-refractivity contribution is 8.00. The minimum Gasteiger partial charge on any atom is -0.444 e. The van der Waals surface area contributed by atoms with Crippen molar-refractivity contribution in [1.29, 1.82) is 0 Å². The molecule has 1 N–H and O–H groups in total. The fourth-order valence-corrected chi connectivity index (χ4v) is 3.50. The highest BCUT2D eigenvalue weighted by Gasteiger charge is 2.22. The number of halogens is 1. The molecule has 0 saturated carbocycles. The second-order valence-corrected chi connectivity index (χ2v) is 9.21. The van der Waals surface area contributed by atoms with Gasteiger partial charge in [-0.1, -0.05) is 24.3 Å². The summed E-state index contributed by atoms with van der Waals surface area (Å²) in [5.41, 5.74) is 1.02. The van der Waals surface area contributed by atoms with Crippen molar-refractivity contribution in [3.63, 3.8) is 0 Å². The first kappa shape index (κ1) is 25.4. The highest BCUT2D eigenvalue weighted by Crippen LogP contribution is 2.24. The van der Waals surface area contributed by atoms with Crippen LogP contribution in [-0.2, 0) is 16.1 Å². The van der Waals surface area contributed by atoms with Gasteiger partial charge in [0.15, 0.2) is 5.78 Å². The molecule has 172 valence electrons. The molecule has 2 aromatic carbocycles. The van der Waals surface area contributed by atoms with E-state index < -0.39 is 17.5 Å². The molecule has 0 saturated heterocycles. The molecule has 0 aliphatic heterocycles. The van der Waals surface area contributed by atoms with Crippen LogP contribution in [0.1, 0.15) is 50.5 Å². The van der Waals surface area contributed by atoms with Gasteiger partial charge in [-0.05, 0) is 58.4 Å². The molecule has 0 aromatic heterocycles. The maximum atomic E-state index is 14.2. The quantitative estimate of drug-likeness (QED) is 0.415. The van der Waals surface area contributed by atoms with Gasteiger partial charge >= 0.3 is 6.09 Å². The Kier molecular flexibility index (Phi) is 8.83. The van der Waals surface area contributed by atoms with E-state index in [1.54, 1.807) is 37.8 Å². The second-order valence-electron chi connectivity index (χ2n) is 8.19. The summed E-state index contributed by atoms with van der Waals surface area (Å²) < 4.78 is 19.6. The van der Waals surface area contributed by atoms with Gasteiger partial charge in [-0.3, -0.25) is 9.59 Å². The summed E-state index contributed by atoms with van der Waals surface area (Å²) in [5, 5.41) is 2.83. The van der Waals surface area contributed by atoms with Crippen molar-refractivity contribution in [3.05, 3.63) is 59.4 Å². The van der Waals surface area contributed by atoms with Gasteiger partial charge in [0.1, 0.15) is 11.4 Å². The number of carbonyl (C=O) groups is 3. The number of para-hydroxylation sites is 1. The molecule has 0 unspecified atom stereocenters. The Hall–Kier alpha value is -2.87. The number of carbonyl (C=O) groups excluding carboxylic acids is 3. The lowest BCUT2D eigenvalue weighted by molar-refractivity contribution is -0.113. The van der Waals surface area contributed by atoms with Crippen LogP contribution in [-0.4, -0.2) is 40.6 Å². The van der Waals surface area contributed by atoms with Crippen molar-refractivity contribution in [2.45, 2.75) is 51.7 Å². The van der Waals surface area contributed by atoms with Gasteiger partial charge in [-0.2, -0.15) is 0 Å². The van der Waals surface area contributed by atoms with Crippen LogP contribution in [0.2, 0.25) is 0 Å². The number of anilines is 1. The molecule has 0 spiro atoms. The number of rotatable bonds is 8. The number of hydrogen-bond donors (Lipinski definition) is 1. The Morgan fingerprint density at radius 2 is 1.81 bits per heavy atom. The molecule has 8 heteroatoms. The van der Waals surface area contributed by atoms with Gasteiger partial charge in [0.05, 0.1) is 12.3 Å². The van der Waals surface area contributed by atoms with Crippen molar-refractivity contribution < 1.29 is 23.5 Å². The molecule has 0 bridgehead atoms. The Labute approximate surface area is 192 Å². The van der Waals surface area contributed by atoms with Crippen molar-refractivity contribution in [1.82, 2.24) is 4.90 Å². The standard InChI is InChI=1S/C24H29FN2O4S/c1-6-27(23(30)31-24(3,4)5)14-18-9-7-8-10-20(18)26-22(29)15-32-21-12-11-17(16(2)28)13-19(21)25/h7-13H,6,14-15H2,1-5H3,(H,26,29). The zero-order chi connectivity index (χ0) is 23.9. The van der Waals surface area contributed by atoms with Crippen molar-refractivity contribution >= 4 is 35.2 Å². The Bertz CT molecular complexity index is 988. The third-order valence-corrected chi connectivity index (χ3v) is 5.43. The average molecular weight is 461 g/mol.